The molecule has 0 radical (unpaired) electrons. The van der Waals surface area contributed by atoms with Crippen LogP contribution in [-0.2, 0) is 19.9 Å². The summed E-state index contributed by atoms with van der Waals surface area (Å²) in [6.07, 6.45) is 1.22. The van der Waals surface area contributed by atoms with Gasteiger partial charge in [0.2, 0.25) is 5.91 Å². The van der Waals surface area contributed by atoms with Crippen LogP contribution in [0.3, 0.4) is 0 Å². The van der Waals surface area contributed by atoms with E-state index in [9.17, 15) is 14.4 Å². The number of benzene rings is 1. The molecule has 1 saturated heterocycles. The van der Waals surface area contributed by atoms with E-state index in [1.54, 1.807) is 0 Å². The lowest BCUT2D eigenvalue weighted by molar-refractivity contribution is -0.157. The van der Waals surface area contributed by atoms with E-state index >= 15 is 0 Å². The van der Waals surface area contributed by atoms with E-state index in [-0.39, 0.29) is 6.54 Å². The van der Waals surface area contributed by atoms with Gasteiger partial charge < -0.3 is 0 Å². The van der Waals surface area contributed by atoms with E-state index in [0.717, 1.165) is 16.9 Å². The van der Waals surface area contributed by atoms with E-state index in [4.69, 9.17) is 5.21 Å². The second-order valence-corrected chi connectivity index (χ2v) is 5.19. The number of carbonyl (C=O) groups excluding carboxylic acids is 3. The molecule has 1 aliphatic heterocycles. The molecular weight excluding hydrogens is 286 g/mol. The number of imide groups is 1. The fraction of sp³-hybridized carbons (Fsp3) is 0.400. The SMILES string of the molecule is CCCC1(c2ccccc2)NCC(=O)N(CC(=O)NO)C1=O. The molecule has 1 aliphatic rings. The van der Waals surface area contributed by atoms with Crippen LogP contribution in [0.5, 0.6) is 0 Å². The van der Waals surface area contributed by atoms with Crippen LogP contribution in [0.15, 0.2) is 30.3 Å². The molecule has 1 aromatic carbocycles. The Balaban J connectivity index is 2.40. The third-order valence-electron chi connectivity index (χ3n) is 3.77. The smallest absolute Gasteiger partial charge is 0.263 e. The number of piperazine rings is 1. The maximum atomic E-state index is 12.9. The van der Waals surface area contributed by atoms with E-state index < -0.39 is 29.8 Å². The predicted molar refractivity (Wildman–Crippen MR) is 77.7 cm³/mol. The maximum absolute atomic E-state index is 12.9. The first-order valence-electron chi connectivity index (χ1n) is 7.13. The maximum Gasteiger partial charge on any atom is 0.263 e. The summed E-state index contributed by atoms with van der Waals surface area (Å²) in [5, 5.41) is 11.7. The molecule has 1 heterocycles. The minimum atomic E-state index is -1.03. The number of nitrogens with one attached hydrogen (secondary N) is 2. The van der Waals surface area contributed by atoms with Crippen molar-refractivity contribution in [1.29, 1.82) is 0 Å². The predicted octanol–water partition coefficient (Wildman–Crippen LogP) is 0.146. The van der Waals surface area contributed by atoms with Gasteiger partial charge in [-0.2, -0.15) is 0 Å². The molecular formula is C15H19N3O4. The Kier molecular flexibility index (Phi) is 4.89. The lowest BCUT2D eigenvalue weighted by atomic mass is 9.82. The number of hydrogen-bond donors (Lipinski definition) is 3. The number of nitrogens with zero attached hydrogens (tertiary/aromatic N) is 1. The van der Waals surface area contributed by atoms with Gasteiger partial charge in [-0.15, -0.1) is 0 Å². The van der Waals surface area contributed by atoms with Gasteiger partial charge in [-0.1, -0.05) is 43.7 Å². The van der Waals surface area contributed by atoms with Crippen molar-refractivity contribution >= 4 is 17.7 Å². The van der Waals surface area contributed by atoms with Gasteiger partial charge in [0.25, 0.3) is 11.8 Å². The summed E-state index contributed by atoms with van der Waals surface area (Å²) in [4.78, 5) is 37.1. The monoisotopic (exact) mass is 305 g/mol. The second-order valence-electron chi connectivity index (χ2n) is 5.19. The summed E-state index contributed by atoms with van der Waals surface area (Å²) < 4.78 is 0. The molecule has 7 nitrogen and oxygen atoms in total. The van der Waals surface area contributed by atoms with Crippen molar-refractivity contribution < 1.29 is 19.6 Å². The standard InChI is InChI=1S/C15H19N3O4/c1-2-8-15(11-6-4-3-5-7-11)14(21)18(10-12(19)17-22)13(20)9-16-15/h3-7,16,22H,2,8-10H2,1H3,(H,17,19). The van der Waals surface area contributed by atoms with Crippen LogP contribution < -0.4 is 10.8 Å². The third kappa shape index (κ3) is 2.86. The number of amides is 3. The topological polar surface area (TPSA) is 98.7 Å². The number of hydrogen-bond acceptors (Lipinski definition) is 5. The molecule has 1 fully saturated rings. The van der Waals surface area contributed by atoms with Crippen LogP contribution in [-0.4, -0.2) is 40.9 Å². The summed E-state index contributed by atoms with van der Waals surface area (Å²) in [6.45, 7) is 1.41. The molecule has 3 amide bonds. The summed E-state index contributed by atoms with van der Waals surface area (Å²) in [5.41, 5.74) is 1.17. The fourth-order valence-electron chi connectivity index (χ4n) is 2.74. The summed E-state index contributed by atoms with van der Waals surface area (Å²) in [6, 6.07) is 9.13. The van der Waals surface area contributed by atoms with Crippen molar-refractivity contribution in [1.82, 2.24) is 15.7 Å². The quantitative estimate of drug-likeness (QED) is 0.408. The van der Waals surface area contributed by atoms with Crippen molar-refractivity contribution in [2.75, 3.05) is 13.1 Å². The molecule has 7 heteroatoms. The Morgan fingerprint density at radius 2 is 2.05 bits per heavy atom. The van der Waals surface area contributed by atoms with Crippen molar-refractivity contribution in [3.63, 3.8) is 0 Å². The lowest BCUT2D eigenvalue weighted by Gasteiger charge is -2.41. The van der Waals surface area contributed by atoms with Crippen LogP contribution in [0.25, 0.3) is 0 Å². The minimum absolute atomic E-state index is 0.0423. The first-order chi connectivity index (χ1) is 10.5. The molecule has 22 heavy (non-hydrogen) atoms. The normalized spacial score (nSPS) is 21.8. The Hall–Kier alpha value is -2.25. The van der Waals surface area contributed by atoms with E-state index in [1.165, 1.54) is 5.48 Å². The number of rotatable bonds is 5. The molecule has 1 unspecified atom stereocenters. The first kappa shape index (κ1) is 16.1. The molecule has 0 aliphatic carbocycles. The molecule has 0 aromatic heterocycles. The van der Waals surface area contributed by atoms with E-state index in [1.807, 2.05) is 37.3 Å². The molecule has 2 rings (SSSR count). The van der Waals surface area contributed by atoms with Crippen LogP contribution in [0.2, 0.25) is 0 Å². The molecule has 1 atom stereocenters. The zero-order valence-corrected chi connectivity index (χ0v) is 12.3. The van der Waals surface area contributed by atoms with Gasteiger partial charge in [-0.25, -0.2) is 5.48 Å². The van der Waals surface area contributed by atoms with Crippen molar-refractivity contribution in [3.8, 4) is 0 Å². The van der Waals surface area contributed by atoms with Gasteiger partial charge in [0.05, 0.1) is 6.54 Å². The molecule has 1 aromatic rings. The van der Waals surface area contributed by atoms with Gasteiger partial charge in [0, 0.05) is 0 Å². The average Bonchev–Trinajstić information content (AvgIpc) is 2.55. The van der Waals surface area contributed by atoms with Crippen LogP contribution >= 0.6 is 0 Å². The molecule has 0 spiro atoms. The van der Waals surface area contributed by atoms with E-state index in [0.29, 0.717) is 6.42 Å². The largest absolute Gasteiger partial charge is 0.291 e. The summed E-state index contributed by atoms with van der Waals surface area (Å²) in [5.74, 6) is -1.77. The van der Waals surface area contributed by atoms with Gasteiger partial charge >= 0.3 is 0 Å². The molecule has 118 valence electrons. The molecule has 0 bridgehead atoms. The Labute approximate surface area is 128 Å². The molecule has 3 N–H and O–H groups in total. The Bertz CT molecular complexity index is 575. The number of carbonyl (C=O) groups is 3. The second kappa shape index (κ2) is 6.67. The van der Waals surface area contributed by atoms with Crippen LogP contribution in [0.4, 0.5) is 0 Å². The van der Waals surface area contributed by atoms with Gasteiger partial charge in [-0.05, 0) is 12.0 Å². The van der Waals surface area contributed by atoms with Crippen molar-refractivity contribution in [3.05, 3.63) is 35.9 Å². The first-order valence-corrected chi connectivity index (χ1v) is 7.13. The average molecular weight is 305 g/mol. The fourth-order valence-corrected chi connectivity index (χ4v) is 2.74. The highest BCUT2D eigenvalue weighted by Gasteiger charge is 2.47. The highest BCUT2D eigenvalue weighted by atomic mass is 16.5. The number of hydroxylamine groups is 1. The van der Waals surface area contributed by atoms with Crippen molar-refractivity contribution in [2.24, 2.45) is 0 Å². The minimum Gasteiger partial charge on any atom is -0.291 e. The highest BCUT2D eigenvalue weighted by molar-refractivity contribution is 6.06. The Morgan fingerprint density at radius 3 is 2.64 bits per heavy atom. The van der Waals surface area contributed by atoms with Crippen LogP contribution in [0, 0.1) is 0 Å². The third-order valence-corrected chi connectivity index (χ3v) is 3.77. The van der Waals surface area contributed by atoms with Gasteiger partial charge in [0.1, 0.15) is 12.1 Å². The van der Waals surface area contributed by atoms with Gasteiger partial charge in [-0.3, -0.25) is 29.8 Å². The van der Waals surface area contributed by atoms with Gasteiger partial charge in [0.15, 0.2) is 0 Å². The van der Waals surface area contributed by atoms with Crippen molar-refractivity contribution in [2.45, 2.75) is 25.3 Å². The van der Waals surface area contributed by atoms with E-state index in [2.05, 4.69) is 5.32 Å². The lowest BCUT2D eigenvalue weighted by Crippen LogP contribution is -2.65. The molecule has 0 saturated carbocycles. The summed E-state index contributed by atoms with van der Waals surface area (Å²) >= 11 is 0. The van der Waals surface area contributed by atoms with Crippen LogP contribution in [0.1, 0.15) is 25.3 Å². The summed E-state index contributed by atoms with van der Waals surface area (Å²) in [7, 11) is 0. The zero-order chi connectivity index (χ0) is 16.2. The Morgan fingerprint density at radius 1 is 1.36 bits per heavy atom. The zero-order valence-electron chi connectivity index (χ0n) is 12.3. The highest BCUT2D eigenvalue weighted by Crippen LogP contribution is 2.31.